The Morgan fingerprint density at radius 2 is 1.41 bits per heavy atom. The van der Waals surface area contributed by atoms with Gasteiger partial charge in [0.05, 0.1) is 11.1 Å². The van der Waals surface area contributed by atoms with Gasteiger partial charge in [-0.1, -0.05) is 0 Å². The summed E-state index contributed by atoms with van der Waals surface area (Å²) >= 11 is 0. The van der Waals surface area contributed by atoms with E-state index in [0.29, 0.717) is 31.3 Å². The van der Waals surface area contributed by atoms with E-state index >= 15 is 0 Å². The third kappa shape index (κ3) is 8.03. The lowest BCUT2D eigenvalue weighted by Gasteiger charge is -2.36. The molecule has 0 spiro atoms. The summed E-state index contributed by atoms with van der Waals surface area (Å²) in [5.41, 5.74) is -3.44. The summed E-state index contributed by atoms with van der Waals surface area (Å²) in [6.07, 6.45) is -16.7. The van der Waals surface area contributed by atoms with E-state index < -0.39 is 54.1 Å². The zero-order valence-corrected chi connectivity index (χ0v) is 16.4. The highest BCUT2D eigenvalue weighted by molar-refractivity contribution is 5.85. The molecular weight excluding hydrogens is 462 g/mol. The molecule has 170 valence electrons. The van der Waals surface area contributed by atoms with Crippen LogP contribution in [0.2, 0.25) is 0 Å². The first-order chi connectivity index (χ1) is 12.3. The van der Waals surface area contributed by atoms with Crippen LogP contribution in [0.25, 0.3) is 0 Å². The van der Waals surface area contributed by atoms with Gasteiger partial charge in [-0.25, -0.2) is 0 Å². The summed E-state index contributed by atoms with van der Waals surface area (Å²) in [6, 6.07) is -0.509. The van der Waals surface area contributed by atoms with Gasteiger partial charge in [-0.05, 0) is 30.2 Å². The monoisotopic (exact) mass is 480 g/mol. The molecular formula is C16H19Cl2F9N2. The molecule has 1 fully saturated rings. The molecule has 0 unspecified atom stereocenters. The summed E-state index contributed by atoms with van der Waals surface area (Å²) in [5, 5.41) is 2.91. The first-order valence-corrected chi connectivity index (χ1v) is 8.09. The van der Waals surface area contributed by atoms with Crippen molar-refractivity contribution in [3.8, 4) is 0 Å². The van der Waals surface area contributed by atoms with Crippen molar-refractivity contribution in [1.29, 1.82) is 0 Å². The molecule has 29 heavy (non-hydrogen) atoms. The van der Waals surface area contributed by atoms with Crippen LogP contribution in [0, 0.1) is 0 Å². The summed E-state index contributed by atoms with van der Waals surface area (Å²) in [5.74, 6) is 0. The van der Waals surface area contributed by atoms with Crippen molar-refractivity contribution >= 4 is 24.8 Å². The molecule has 0 amide bonds. The Hall–Kier alpha value is -0.910. The fraction of sp³-hybridized carbons (Fsp3) is 0.625. The zero-order chi connectivity index (χ0) is 20.5. The Labute approximate surface area is 173 Å². The molecule has 0 aromatic heterocycles. The van der Waals surface area contributed by atoms with E-state index in [1.165, 1.54) is 4.90 Å². The molecule has 1 atom stereocenters. The molecule has 1 aliphatic heterocycles. The highest BCUT2D eigenvalue weighted by Gasteiger charge is 2.41. The van der Waals surface area contributed by atoms with Gasteiger partial charge in [0.2, 0.25) is 0 Å². The average Bonchev–Trinajstić information content (AvgIpc) is 2.53. The molecule has 13 heteroatoms. The predicted octanol–water partition coefficient (Wildman–Crippen LogP) is 5.86. The fourth-order valence-electron chi connectivity index (χ4n) is 3.10. The third-order valence-electron chi connectivity index (χ3n) is 4.34. The van der Waals surface area contributed by atoms with Crippen LogP contribution in [-0.2, 0) is 12.4 Å². The van der Waals surface area contributed by atoms with Gasteiger partial charge in [0, 0.05) is 38.6 Å². The molecule has 1 N–H and O–H groups in total. The van der Waals surface area contributed by atoms with Crippen molar-refractivity contribution in [1.82, 2.24) is 10.2 Å². The number of hydrogen-bond acceptors (Lipinski definition) is 2. The number of nitrogens with zero attached hydrogens (tertiary/aromatic N) is 1. The number of nitrogens with one attached hydrogen (secondary N) is 1. The maximum absolute atomic E-state index is 13.3. The lowest BCUT2D eigenvalue weighted by Crippen LogP contribution is -2.45. The maximum Gasteiger partial charge on any atom is 0.416 e. The van der Waals surface area contributed by atoms with Crippen LogP contribution in [-0.4, -0.2) is 37.3 Å². The van der Waals surface area contributed by atoms with Gasteiger partial charge in [0.15, 0.2) is 0 Å². The zero-order valence-electron chi connectivity index (χ0n) is 14.7. The number of piperazine rings is 1. The molecule has 0 radical (unpaired) electrons. The van der Waals surface area contributed by atoms with Crippen LogP contribution in [0.5, 0.6) is 0 Å². The second kappa shape index (κ2) is 10.4. The minimum Gasteiger partial charge on any atom is -0.314 e. The highest BCUT2D eigenvalue weighted by atomic mass is 35.5. The first kappa shape index (κ1) is 28.1. The Morgan fingerprint density at radius 3 is 1.86 bits per heavy atom. The van der Waals surface area contributed by atoms with Crippen molar-refractivity contribution in [2.45, 2.75) is 37.4 Å². The average molecular weight is 481 g/mol. The molecule has 0 bridgehead atoms. The molecule has 0 saturated carbocycles. The van der Waals surface area contributed by atoms with E-state index in [-0.39, 0.29) is 37.9 Å². The number of hydrogen-bond donors (Lipinski definition) is 1. The standard InChI is InChI=1S/C16H17F9N2.2ClH/c17-14(18,19)4-3-13(27-7-5-26-6-8-27)11-9-10(15(20,21)22)1-2-12(11)16(23,24)25;;/h1-2,9,13,26H,3-8H2;2*1H/t13-;;/m1../s1. The third-order valence-corrected chi connectivity index (χ3v) is 4.34. The van der Waals surface area contributed by atoms with Crippen LogP contribution in [0.3, 0.4) is 0 Å². The van der Waals surface area contributed by atoms with Crippen LogP contribution in [0.15, 0.2) is 18.2 Å². The predicted molar refractivity (Wildman–Crippen MR) is 93.4 cm³/mol. The molecule has 1 heterocycles. The van der Waals surface area contributed by atoms with Crippen LogP contribution in [0.1, 0.15) is 35.6 Å². The number of alkyl halides is 9. The Morgan fingerprint density at radius 1 is 0.862 bits per heavy atom. The molecule has 1 aromatic rings. The number of rotatable bonds is 4. The van der Waals surface area contributed by atoms with Crippen molar-refractivity contribution in [2.24, 2.45) is 0 Å². The van der Waals surface area contributed by atoms with Crippen molar-refractivity contribution in [3.63, 3.8) is 0 Å². The second-order valence-corrected chi connectivity index (χ2v) is 6.25. The van der Waals surface area contributed by atoms with E-state index in [1.807, 2.05) is 0 Å². The largest absolute Gasteiger partial charge is 0.416 e. The lowest BCUT2D eigenvalue weighted by atomic mass is 9.92. The summed E-state index contributed by atoms with van der Waals surface area (Å²) in [7, 11) is 0. The normalized spacial score (nSPS) is 17.3. The minimum atomic E-state index is -4.98. The quantitative estimate of drug-likeness (QED) is 0.543. The van der Waals surface area contributed by atoms with Gasteiger partial charge in [-0.2, -0.15) is 39.5 Å². The second-order valence-electron chi connectivity index (χ2n) is 6.25. The lowest BCUT2D eigenvalue weighted by molar-refractivity contribution is -0.144. The van der Waals surface area contributed by atoms with Gasteiger partial charge >= 0.3 is 18.5 Å². The van der Waals surface area contributed by atoms with Crippen LogP contribution in [0.4, 0.5) is 39.5 Å². The first-order valence-electron chi connectivity index (χ1n) is 8.09. The molecule has 2 rings (SSSR count). The number of benzene rings is 1. The van der Waals surface area contributed by atoms with Crippen LogP contribution >= 0.6 is 24.8 Å². The molecule has 0 aliphatic carbocycles. The van der Waals surface area contributed by atoms with E-state index in [9.17, 15) is 39.5 Å². The van der Waals surface area contributed by atoms with Crippen LogP contribution < -0.4 is 5.32 Å². The van der Waals surface area contributed by atoms with Crippen molar-refractivity contribution in [2.75, 3.05) is 26.2 Å². The molecule has 1 saturated heterocycles. The topological polar surface area (TPSA) is 15.3 Å². The SMILES string of the molecule is Cl.Cl.FC(F)(F)CC[C@H](c1cc(C(F)(F)F)ccc1C(F)(F)F)N1CCNCC1. The fourth-order valence-corrected chi connectivity index (χ4v) is 3.10. The Balaban J connectivity index is 0.00000392. The summed E-state index contributed by atoms with van der Waals surface area (Å²) < 4.78 is 117. The minimum absolute atomic E-state index is 0. The molecule has 2 nitrogen and oxygen atoms in total. The van der Waals surface area contributed by atoms with E-state index in [2.05, 4.69) is 5.32 Å². The van der Waals surface area contributed by atoms with Gasteiger partial charge < -0.3 is 5.32 Å². The van der Waals surface area contributed by atoms with Crippen molar-refractivity contribution in [3.05, 3.63) is 34.9 Å². The summed E-state index contributed by atoms with van der Waals surface area (Å²) in [6.45, 7) is 0.914. The molecule has 1 aliphatic rings. The Kier molecular flexibility index (Phi) is 10.1. The molecule has 1 aromatic carbocycles. The highest BCUT2D eigenvalue weighted by Crippen LogP contribution is 2.42. The smallest absolute Gasteiger partial charge is 0.314 e. The van der Waals surface area contributed by atoms with E-state index in [4.69, 9.17) is 0 Å². The Bertz CT molecular complexity index is 639. The number of halogens is 11. The summed E-state index contributed by atoms with van der Waals surface area (Å²) in [4.78, 5) is 1.37. The van der Waals surface area contributed by atoms with Gasteiger partial charge in [-0.15, -0.1) is 24.8 Å². The maximum atomic E-state index is 13.3. The van der Waals surface area contributed by atoms with Crippen molar-refractivity contribution < 1.29 is 39.5 Å². The van der Waals surface area contributed by atoms with E-state index in [1.54, 1.807) is 0 Å². The van der Waals surface area contributed by atoms with Gasteiger partial charge in [0.25, 0.3) is 0 Å². The van der Waals surface area contributed by atoms with Gasteiger partial charge in [0.1, 0.15) is 0 Å². The van der Waals surface area contributed by atoms with E-state index in [0.717, 1.165) is 0 Å². The van der Waals surface area contributed by atoms with Gasteiger partial charge in [-0.3, -0.25) is 4.90 Å².